The molecule has 1 aromatic carbocycles. The summed E-state index contributed by atoms with van der Waals surface area (Å²) < 4.78 is 1.02. The molecule has 1 atom stereocenters. The van der Waals surface area contributed by atoms with Gasteiger partial charge in [-0.1, -0.05) is 42.0 Å². The molecule has 1 unspecified atom stereocenters. The quantitative estimate of drug-likeness (QED) is 0.584. The second kappa shape index (κ2) is 8.70. The third-order valence-electron chi connectivity index (χ3n) is 3.59. The van der Waals surface area contributed by atoms with Gasteiger partial charge >= 0.3 is 0 Å². The van der Waals surface area contributed by atoms with Gasteiger partial charge in [-0.25, -0.2) is 0 Å². The minimum atomic E-state index is 0.284. The predicted octanol–water partition coefficient (Wildman–Crippen LogP) is 4.87. The Hall–Kier alpha value is -0.840. The van der Waals surface area contributed by atoms with Crippen LogP contribution >= 0.6 is 35.6 Å². The van der Waals surface area contributed by atoms with Gasteiger partial charge in [0, 0.05) is 28.5 Å². The lowest BCUT2D eigenvalue weighted by Crippen LogP contribution is -2.28. The number of nitrogens with one attached hydrogen (secondary N) is 1. The summed E-state index contributed by atoms with van der Waals surface area (Å²) in [7, 11) is 0. The lowest BCUT2D eigenvalue weighted by Gasteiger charge is -2.16. The summed E-state index contributed by atoms with van der Waals surface area (Å²) >= 11 is 13.2. The number of aliphatic imine (C=N–C) groups is 1. The van der Waals surface area contributed by atoms with E-state index in [1.165, 1.54) is 17.7 Å². The molecule has 0 radical (unpaired) electrons. The molecule has 2 rings (SSSR count). The maximum atomic E-state index is 6.12. The molecule has 5 heteroatoms. The van der Waals surface area contributed by atoms with Crippen molar-refractivity contribution in [3.63, 3.8) is 0 Å². The summed E-state index contributed by atoms with van der Waals surface area (Å²) in [5.41, 5.74) is 3.59. The first-order valence-corrected chi connectivity index (χ1v) is 9.44. The maximum Gasteiger partial charge on any atom is 0.0752 e. The van der Waals surface area contributed by atoms with Crippen LogP contribution in [0.3, 0.4) is 0 Å². The summed E-state index contributed by atoms with van der Waals surface area (Å²) in [5, 5.41) is 4.31. The molecule has 0 spiro atoms. The van der Waals surface area contributed by atoms with Crippen LogP contribution in [0.15, 0.2) is 40.5 Å². The first-order valence-electron chi connectivity index (χ1n) is 7.43. The van der Waals surface area contributed by atoms with Gasteiger partial charge in [-0.05, 0) is 44.1 Å². The summed E-state index contributed by atoms with van der Waals surface area (Å²) in [5.74, 6) is 0. The standard InChI is InChI=1S/C17H21ClN2S2/c1-12(10-19-11-13-6-3-4-8-15(13)18)20-16-9-5-7-14(16)17(21)22-2/h3-4,6,8,11-12,20H,5,7,9-10H2,1-2H3. The SMILES string of the molecule is CSC(=S)C1=C(NC(C)CN=Cc2ccccc2Cl)CCC1. The molecule has 0 saturated heterocycles. The fourth-order valence-electron chi connectivity index (χ4n) is 2.48. The Morgan fingerprint density at radius 3 is 2.95 bits per heavy atom. The number of hydrogen-bond acceptors (Lipinski definition) is 4. The molecule has 118 valence electrons. The average Bonchev–Trinajstić information content (AvgIpc) is 2.96. The molecule has 0 aliphatic heterocycles. The highest BCUT2D eigenvalue weighted by Gasteiger charge is 2.18. The van der Waals surface area contributed by atoms with E-state index in [0.29, 0.717) is 6.54 Å². The van der Waals surface area contributed by atoms with E-state index >= 15 is 0 Å². The second-order valence-corrected chi connectivity index (χ2v) is 7.25. The van der Waals surface area contributed by atoms with Crippen molar-refractivity contribution in [1.82, 2.24) is 5.32 Å². The van der Waals surface area contributed by atoms with Crippen LogP contribution in [0.4, 0.5) is 0 Å². The highest BCUT2D eigenvalue weighted by Crippen LogP contribution is 2.28. The van der Waals surface area contributed by atoms with E-state index in [1.807, 2.05) is 36.7 Å². The van der Waals surface area contributed by atoms with Crippen molar-refractivity contribution in [2.24, 2.45) is 4.99 Å². The van der Waals surface area contributed by atoms with Crippen LogP contribution < -0.4 is 5.32 Å². The third-order valence-corrected chi connectivity index (χ3v) is 5.29. The molecular formula is C17H21ClN2S2. The topological polar surface area (TPSA) is 24.4 Å². The Morgan fingerprint density at radius 1 is 1.45 bits per heavy atom. The van der Waals surface area contributed by atoms with Crippen molar-refractivity contribution in [2.75, 3.05) is 12.8 Å². The summed E-state index contributed by atoms with van der Waals surface area (Å²) in [4.78, 5) is 4.50. The van der Waals surface area contributed by atoms with Gasteiger partial charge in [-0.15, -0.1) is 11.8 Å². The summed E-state index contributed by atoms with van der Waals surface area (Å²) in [6.45, 7) is 2.86. The van der Waals surface area contributed by atoms with E-state index in [0.717, 1.165) is 27.6 Å². The van der Waals surface area contributed by atoms with E-state index in [2.05, 4.69) is 17.2 Å². The van der Waals surface area contributed by atoms with Crippen LogP contribution in [-0.2, 0) is 0 Å². The Bertz CT molecular complexity index is 596. The molecule has 0 amide bonds. The molecule has 0 heterocycles. The molecular weight excluding hydrogens is 332 g/mol. The molecule has 0 saturated carbocycles. The zero-order chi connectivity index (χ0) is 15.9. The van der Waals surface area contributed by atoms with Crippen molar-refractivity contribution < 1.29 is 0 Å². The maximum absolute atomic E-state index is 6.12. The van der Waals surface area contributed by atoms with Crippen molar-refractivity contribution in [3.8, 4) is 0 Å². The zero-order valence-corrected chi connectivity index (χ0v) is 15.3. The molecule has 1 aliphatic carbocycles. The minimum Gasteiger partial charge on any atom is -0.384 e. The number of allylic oxidation sites excluding steroid dienone is 1. The monoisotopic (exact) mass is 352 g/mol. The Kier molecular flexibility index (Phi) is 6.93. The number of benzene rings is 1. The van der Waals surface area contributed by atoms with Crippen LogP contribution in [0.5, 0.6) is 0 Å². The van der Waals surface area contributed by atoms with Crippen molar-refractivity contribution in [2.45, 2.75) is 32.2 Å². The number of halogens is 1. The summed E-state index contributed by atoms with van der Waals surface area (Å²) in [6.07, 6.45) is 7.26. The lowest BCUT2D eigenvalue weighted by atomic mass is 10.2. The van der Waals surface area contributed by atoms with Gasteiger partial charge < -0.3 is 5.32 Å². The van der Waals surface area contributed by atoms with Crippen LogP contribution in [-0.4, -0.2) is 29.3 Å². The van der Waals surface area contributed by atoms with Gasteiger partial charge in [0.15, 0.2) is 0 Å². The van der Waals surface area contributed by atoms with E-state index in [4.69, 9.17) is 23.8 Å². The van der Waals surface area contributed by atoms with Gasteiger partial charge in [0.05, 0.1) is 10.7 Å². The Morgan fingerprint density at radius 2 is 2.23 bits per heavy atom. The number of thiocarbonyl (C=S) groups is 1. The molecule has 0 aromatic heterocycles. The van der Waals surface area contributed by atoms with E-state index < -0.39 is 0 Å². The normalized spacial score (nSPS) is 16.3. The highest BCUT2D eigenvalue weighted by atomic mass is 35.5. The molecule has 0 bridgehead atoms. The molecule has 0 fully saturated rings. The molecule has 1 N–H and O–H groups in total. The molecule has 1 aliphatic rings. The fourth-order valence-corrected chi connectivity index (χ4v) is 3.36. The van der Waals surface area contributed by atoms with Gasteiger partial charge in [-0.2, -0.15) is 0 Å². The van der Waals surface area contributed by atoms with Crippen molar-refractivity contribution in [1.29, 1.82) is 0 Å². The Labute approximate surface area is 147 Å². The second-order valence-electron chi connectivity index (χ2n) is 5.36. The summed E-state index contributed by atoms with van der Waals surface area (Å²) in [6, 6.07) is 8.02. The van der Waals surface area contributed by atoms with Crippen LogP contribution in [0, 0.1) is 0 Å². The smallest absolute Gasteiger partial charge is 0.0752 e. The molecule has 22 heavy (non-hydrogen) atoms. The molecule has 2 nitrogen and oxygen atoms in total. The largest absolute Gasteiger partial charge is 0.384 e. The predicted molar refractivity (Wildman–Crippen MR) is 104 cm³/mol. The van der Waals surface area contributed by atoms with Gasteiger partial charge in [-0.3, -0.25) is 4.99 Å². The Balaban J connectivity index is 1.92. The number of nitrogens with zero attached hydrogens (tertiary/aromatic N) is 1. The number of thioether (sulfide) groups is 1. The number of rotatable bonds is 6. The lowest BCUT2D eigenvalue weighted by molar-refractivity contribution is 0.611. The van der Waals surface area contributed by atoms with Crippen LogP contribution in [0.1, 0.15) is 31.7 Å². The minimum absolute atomic E-state index is 0.284. The van der Waals surface area contributed by atoms with E-state index in [1.54, 1.807) is 11.8 Å². The van der Waals surface area contributed by atoms with Crippen molar-refractivity contribution >= 4 is 46.0 Å². The van der Waals surface area contributed by atoms with Crippen molar-refractivity contribution in [3.05, 3.63) is 46.1 Å². The van der Waals surface area contributed by atoms with E-state index in [9.17, 15) is 0 Å². The third kappa shape index (κ3) is 4.83. The fraction of sp³-hybridized carbons (Fsp3) is 0.412. The average molecular weight is 353 g/mol. The first-order chi connectivity index (χ1) is 10.6. The van der Waals surface area contributed by atoms with Gasteiger partial charge in [0.25, 0.3) is 0 Å². The van der Waals surface area contributed by atoms with Gasteiger partial charge in [0.2, 0.25) is 0 Å². The van der Waals surface area contributed by atoms with Crippen LogP contribution in [0.2, 0.25) is 5.02 Å². The van der Waals surface area contributed by atoms with E-state index in [-0.39, 0.29) is 6.04 Å². The highest BCUT2D eigenvalue weighted by molar-refractivity contribution is 8.23. The first kappa shape index (κ1) is 17.5. The number of hydrogen-bond donors (Lipinski definition) is 1. The zero-order valence-electron chi connectivity index (χ0n) is 12.9. The van der Waals surface area contributed by atoms with Gasteiger partial charge in [0.1, 0.15) is 0 Å². The molecule has 1 aromatic rings. The van der Waals surface area contributed by atoms with Crippen LogP contribution in [0.25, 0.3) is 0 Å².